The number of ether oxygens (including phenoxy) is 2. The third-order valence-corrected chi connectivity index (χ3v) is 6.06. The van der Waals surface area contributed by atoms with E-state index in [4.69, 9.17) is 9.47 Å². The van der Waals surface area contributed by atoms with Gasteiger partial charge in [-0.25, -0.2) is 0 Å². The van der Waals surface area contributed by atoms with Gasteiger partial charge in [-0.1, -0.05) is 30.3 Å². The average Bonchev–Trinajstić information content (AvgIpc) is 3.71. The fourth-order valence-corrected chi connectivity index (χ4v) is 3.79. The first-order valence-corrected chi connectivity index (χ1v) is 11.7. The molecule has 1 fully saturated rings. The Morgan fingerprint density at radius 1 is 0.886 bits per heavy atom. The number of amides is 2. The Bertz CT molecular complexity index is 1120. The Kier molecular flexibility index (Phi) is 7.55. The van der Waals surface area contributed by atoms with E-state index < -0.39 is 0 Å². The molecule has 2 amide bonds. The van der Waals surface area contributed by atoms with Crippen LogP contribution in [-0.4, -0.2) is 38.6 Å². The first-order valence-electron chi connectivity index (χ1n) is 11.7. The summed E-state index contributed by atoms with van der Waals surface area (Å²) < 4.78 is 10.5. The van der Waals surface area contributed by atoms with E-state index in [0.717, 1.165) is 46.7 Å². The van der Waals surface area contributed by atoms with Gasteiger partial charge >= 0.3 is 0 Å². The molecular weight excluding hydrogens is 442 g/mol. The molecule has 0 bridgehead atoms. The van der Waals surface area contributed by atoms with Crippen molar-refractivity contribution in [2.45, 2.75) is 31.8 Å². The summed E-state index contributed by atoms with van der Waals surface area (Å²) in [5.74, 6) is 1.24. The van der Waals surface area contributed by atoms with Crippen molar-refractivity contribution in [3.8, 4) is 11.5 Å². The van der Waals surface area contributed by atoms with Crippen molar-refractivity contribution in [2.75, 3.05) is 26.1 Å². The maximum atomic E-state index is 13.0. The molecule has 1 aliphatic rings. The lowest BCUT2D eigenvalue weighted by Gasteiger charge is -2.21. The van der Waals surface area contributed by atoms with E-state index in [1.165, 1.54) is 0 Å². The van der Waals surface area contributed by atoms with E-state index in [1.807, 2.05) is 67.6 Å². The van der Waals surface area contributed by atoms with Crippen molar-refractivity contribution >= 4 is 17.5 Å². The molecule has 7 nitrogen and oxygen atoms in total. The van der Waals surface area contributed by atoms with Gasteiger partial charge in [0, 0.05) is 17.3 Å². The molecule has 0 spiro atoms. The summed E-state index contributed by atoms with van der Waals surface area (Å²) in [4.78, 5) is 25.4. The van der Waals surface area contributed by atoms with Crippen LogP contribution in [0.2, 0.25) is 0 Å². The molecule has 3 aromatic carbocycles. The van der Waals surface area contributed by atoms with Gasteiger partial charge in [-0.3, -0.25) is 9.59 Å². The number of carbonyl (C=O) groups is 2. The quantitative estimate of drug-likeness (QED) is 0.410. The van der Waals surface area contributed by atoms with E-state index in [0.29, 0.717) is 11.6 Å². The zero-order chi connectivity index (χ0) is 24.8. The molecule has 0 heterocycles. The molecule has 3 aromatic rings. The Labute approximate surface area is 205 Å². The molecule has 4 rings (SSSR count). The van der Waals surface area contributed by atoms with Gasteiger partial charge < -0.3 is 25.4 Å². The molecule has 3 N–H and O–H groups in total. The number of methoxy groups -OCH3 is 2. The molecule has 1 saturated carbocycles. The number of aryl methyl sites for hydroxylation is 1. The summed E-state index contributed by atoms with van der Waals surface area (Å²) in [6, 6.07) is 20.7. The van der Waals surface area contributed by atoms with Gasteiger partial charge in [0.25, 0.3) is 5.91 Å². The summed E-state index contributed by atoms with van der Waals surface area (Å²) in [5, 5.41) is 9.31. The zero-order valence-electron chi connectivity index (χ0n) is 20.3. The van der Waals surface area contributed by atoms with E-state index in [2.05, 4.69) is 16.0 Å². The van der Waals surface area contributed by atoms with E-state index in [1.54, 1.807) is 20.3 Å². The first-order chi connectivity index (χ1) is 17.0. The minimum absolute atomic E-state index is 0.0668. The fourth-order valence-electron chi connectivity index (χ4n) is 3.79. The molecule has 0 radical (unpaired) electrons. The van der Waals surface area contributed by atoms with E-state index in [9.17, 15) is 9.59 Å². The predicted octanol–water partition coefficient (Wildman–Crippen LogP) is 4.22. The normalized spacial score (nSPS) is 12.7. The molecule has 182 valence electrons. The molecule has 0 aromatic heterocycles. The Hall–Kier alpha value is -4.00. The standard InChI is InChI=1S/C28H31N3O4/c1-18-4-5-21(28(33)30-22-10-11-22)16-25(18)29-17-26(32)31-27(19-6-12-23(34-2)13-7-19)20-8-14-24(35-3)15-9-20/h4-9,12-16,22,27,29H,10-11,17H2,1-3H3,(H,30,33)(H,31,32). The van der Waals surface area contributed by atoms with E-state index >= 15 is 0 Å². The SMILES string of the molecule is COc1ccc(C(NC(=O)CNc2cc(C(=O)NC3CC3)ccc2C)c2ccc(OC)cc2)cc1. The highest BCUT2D eigenvalue weighted by Crippen LogP contribution is 2.26. The molecule has 0 aliphatic heterocycles. The lowest BCUT2D eigenvalue weighted by molar-refractivity contribution is -0.119. The van der Waals surface area contributed by atoms with Gasteiger partial charge in [0.2, 0.25) is 5.91 Å². The highest BCUT2D eigenvalue weighted by molar-refractivity contribution is 5.96. The third kappa shape index (κ3) is 6.32. The van der Waals surface area contributed by atoms with Crippen molar-refractivity contribution in [3.05, 3.63) is 89.0 Å². The zero-order valence-corrected chi connectivity index (χ0v) is 20.3. The van der Waals surface area contributed by atoms with Crippen LogP contribution in [0.4, 0.5) is 5.69 Å². The molecular formula is C28H31N3O4. The van der Waals surface area contributed by atoms with Crippen LogP contribution in [0.25, 0.3) is 0 Å². The largest absolute Gasteiger partial charge is 0.497 e. The number of hydrogen-bond acceptors (Lipinski definition) is 5. The van der Waals surface area contributed by atoms with Gasteiger partial charge in [-0.05, 0) is 72.9 Å². The van der Waals surface area contributed by atoms with Crippen LogP contribution in [0.5, 0.6) is 11.5 Å². The highest BCUT2D eigenvalue weighted by atomic mass is 16.5. The maximum Gasteiger partial charge on any atom is 0.251 e. The second kappa shape index (κ2) is 11.0. The number of hydrogen-bond donors (Lipinski definition) is 3. The molecule has 0 atom stereocenters. The summed E-state index contributed by atoms with van der Waals surface area (Å²) in [7, 11) is 3.24. The van der Waals surface area contributed by atoms with Crippen molar-refractivity contribution in [1.29, 1.82) is 0 Å². The van der Waals surface area contributed by atoms with Crippen LogP contribution in [0, 0.1) is 6.92 Å². The van der Waals surface area contributed by atoms with Crippen molar-refractivity contribution < 1.29 is 19.1 Å². The third-order valence-electron chi connectivity index (χ3n) is 6.06. The van der Waals surface area contributed by atoms with E-state index in [-0.39, 0.29) is 24.4 Å². The van der Waals surface area contributed by atoms with Gasteiger partial charge in [-0.2, -0.15) is 0 Å². The van der Waals surface area contributed by atoms with Gasteiger partial charge in [-0.15, -0.1) is 0 Å². The Morgan fingerprint density at radius 2 is 1.46 bits per heavy atom. The smallest absolute Gasteiger partial charge is 0.251 e. The van der Waals surface area contributed by atoms with Crippen molar-refractivity contribution in [3.63, 3.8) is 0 Å². The van der Waals surface area contributed by atoms with Crippen LogP contribution in [0.15, 0.2) is 66.7 Å². The summed E-state index contributed by atoms with van der Waals surface area (Å²) in [6.07, 6.45) is 2.07. The van der Waals surface area contributed by atoms with Gasteiger partial charge in [0.15, 0.2) is 0 Å². The Morgan fingerprint density at radius 3 is 1.97 bits per heavy atom. The fraction of sp³-hybridized carbons (Fsp3) is 0.286. The highest BCUT2D eigenvalue weighted by Gasteiger charge is 2.24. The van der Waals surface area contributed by atoms with Crippen molar-refractivity contribution in [1.82, 2.24) is 10.6 Å². The lowest BCUT2D eigenvalue weighted by Crippen LogP contribution is -2.34. The number of carbonyl (C=O) groups excluding carboxylic acids is 2. The minimum Gasteiger partial charge on any atom is -0.497 e. The number of anilines is 1. The molecule has 0 saturated heterocycles. The van der Waals surface area contributed by atoms with Crippen LogP contribution in [0.1, 0.15) is 45.9 Å². The molecule has 7 heteroatoms. The number of rotatable bonds is 10. The topological polar surface area (TPSA) is 88.7 Å². The van der Waals surface area contributed by atoms with Crippen LogP contribution < -0.4 is 25.4 Å². The lowest BCUT2D eigenvalue weighted by atomic mass is 9.98. The van der Waals surface area contributed by atoms with Crippen LogP contribution in [-0.2, 0) is 4.79 Å². The molecule has 1 aliphatic carbocycles. The van der Waals surface area contributed by atoms with Crippen LogP contribution >= 0.6 is 0 Å². The minimum atomic E-state index is -0.349. The predicted molar refractivity (Wildman–Crippen MR) is 136 cm³/mol. The van der Waals surface area contributed by atoms with Crippen molar-refractivity contribution in [2.24, 2.45) is 0 Å². The summed E-state index contributed by atoms with van der Waals surface area (Å²) >= 11 is 0. The van der Waals surface area contributed by atoms with Gasteiger partial charge in [0.05, 0.1) is 26.8 Å². The average molecular weight is 474 g/mol. The summed E-state index contributed by atoms with van der Waals surface area (Å²) in [5.41, 5.74) is 4.16. The monoisotopic (exact) mass is 473 g/mol. The molecule has 35 heavy (non-hydrogen) atoms. The maximum absolute atomic E-state index is 13.0. The van der Waals surface area contributed by atoms with Gasteiger partial charge in [0.1, 0.15) is 11.5 Å². The second-order valence-electron chi connectivity index (χ2n) is 8.68. The second-order valence-corrected chi connectivity index (χ2v) is 8.68. The Balaban J connectivity index is 1.47. The molecule has 0 unspecified atom stereocenters. The number of benzene rings is 3. The first kappa shape index (κ1) is 24.1. The summed E-state index contributed by atoms with van der Waals surface area (Å²) in [6.45, 7) is 2.01. The van der Waals surface area contributed by atoms with Crippen LogP contribution in [0.3, 0.4) is 0 Å². The number of nitrogens with one attached hydrogen (secondary N) is 3.